The van der Waals surface area contributed by atoms with Gasteiger partial charge in [-0.25, -0.2) is 4.98 Å². The number of benzene rings is 1. The molecule has 0 N–H and O–H groups in total. The van der Waals surface area contributed by atoms with Crippen molar-refractivity contribution in [2.24, 2.45) is 0 Å². The topological polar surface area (TPSA) is 62.7 Å². The zero-order chi connectivity index (χ0) is 21.1. The molecule has 2 aliphatic heterocycles. The number of thiazole rings is 1. The second kappa shape index (κ2) is 9.39. The summed E-state index contributed by atoms with van der Waals surface area (Å²) in [5.41, 5.74) is 2.94. The van der Waals surface area contributed by atoms with Crippen LogP contribution in [0.15, 0.2) is 23.6 Å². The molecule has 0 atom stereocenters. The Balaban J connectivity index is 1.26. The molecule has 30 heavy (non-hydrogen) atoms. The van der Waals surface area contributed by atoms with Gasteiger partial charge in [0.1, 0.15) is 11.4 Å². The molecule has 2 aromatic rings. The van der Waals surface area contributed by atoms with Crippen LogP contribution >= 0.6 is 23.1 Å². The Labute approximate surface area is 185 Å². The van der Waals surface area contributed by atoms with Gasteiger partial charge < -0.3 is 14.5 Å². The second-order valence-electron chi connectivity index (χ2n) is 7.87. The molecule has 6 nitrogen and oxygen atoms in total. The zero-order valence-corrected chi connectivity index (χ0v) is 19.1. The van der Waals surface area contributed by atoms with Crippen LogP contribution in [0.25, 0.3) is 0 Å². The van der Waals surface area contributed by atoms with E-state index in [2.05, 4.69) is 11.9 Å². The molecule has 1 aromatic heterocycles. The highest BCUT2D eigenvalue weighted by molar-refractivity contribution is 7.99. The number of hydrogen-bond donors (Lipinski definition) is 0. The number of hydrogen-bond acceptors (Lipinski definition) is 6. The average molecular weight is 446 g/mol. The van der Waals surface area contributed by atoms with E-state index in [9.17, 15) is 9.59 Å². The van der Waals surface area contributed by atoms with Crippen molar-refractivity contribution in [3.63, 3.8) is 0 Å². The van der Waals surface area contributed by atoms with E-state index >= 15 is 0 Å². The Hall–Kier alpha value is -2.06. The maximum Gasteiger partial charge on any atom is 0.274 e. The number of aryl methyl sites for hydroxylation is 2. The molecule has 4 rings (SSSR count). The standard InChI is InChI=1S/C22H27N3O3S2/c1-15-3-4-18(11-16(15)2)28-12-20(26)24-7-5-17(6-8-24)21-23-19(13-30-21)22(27)25-9-10-29-14-25/h3-4,11,13,17H,5-10,12,14H2,1-2H3. The molecular formula is C22H27N3O3S2. The first-order valence-electron chi connectivity index (χ1n) is 10.3. The maximum atomic E-state index is 12.5. The fourth-order valence-electron chi connectivity index (χ4n) is 3.73. The lowest BCUT2D eigenvalue weighted by Crippen LogP contribution is -2.40. The molecular weight excluding hydrogens is 418 g/mol. The van der Waals surface area contributed by atoms with Crippen molar-refractivity contribution in [2.45, 2.75) is 32.6 Å². The largest absolute Gasteiger partial charge is 0.484 e. The highest BCUT2D eigenvalue weighted by atomic mass is 32.2. The number of rotatable bonds is 5. The monoisotopic (exact) mass is 445 g/mol. The van der Waals surface area contributed by atoms with Gasteiger partial charge in [-0.1, -0.05) is 6.07 Å². The zero-order valence-electron chi connectivity index (χ0n) is 17.4. The highest BCUT2D eigenvalue weighted by Crippen LogP contribution is 2.31. The minimum atomic E-state index is 0.0215. The van der Waals surface area contributed by atoms with Gasteiger partial charge in [0.15, 0.2) is 6.61 Å². The number of carbonyl (C=O) groups excluding carboxylic acids is 2. The lowest BCUT2D eigenvalue weighted by atomic mass is 9.97. The summed E-state index contributed by atoms with van der Waals surface area (Å²) < 4.78 is 5.70. The molecule has 2 fully saturated rings. The molecule has 160 valence electrons. The van der Waals surface area contributed by atoms with E-state index in [1.807, 2.05) is 40.3 Å². The molecule has 2 amide bonds. The Morgan fingerprint density at radius 1 is 1.13 bits per heavy atom. The first-order chi connectivity index (χ1) is 14.5. The van der Waals surface area contributed by atoms with Crippen LogP contribution in [0.2, 0.25) is 0 Å². The van der Waals surface area contributed by atoms with E-state index in [-0.39, 0.29) is 18.4 Å². The summed E-state index contributed by atoms with van der Waals surface area (Å²) in [4.78, 5) is 33.4. The number of thioether (sulfide) groups is 1. The number of ether oxygens (including phenoxy) is 1. The predicted octanol–water partition coefficient (Wildman–Crippen LogP) is 3.69. The van der Waals surface area contributed by atoms with Gasteiger partial charge in [0, 0.05) is 36.7 Å². The number of nitrogens with zero attached hydrogens (tertiary/aromatic N) is 3. The van der Waals surface area contributed by atoms with Gasteiger partial charge in [0.05, 0.1) is 10.9 Å². The molecule has 2 saturated heterocycles. The normalized spacial score (nSPS) is 17.4. The van der Waals surface area contributed by atoms with Gasteiger partial charge in [0.25, 0.3) is 11.8 Å². The summed E-state index contributed by atoms with van der Waals surface area (Å²) in [5.74, 6) is 2.87. The van der Waals surface area contributed by atoms with E-state index in [4.69, 9.17) is 4.74 Å². The van der Waals surface area contributed by atoms with Gasteiger partial charge in [-0.15, -0.1) is 23.1 Å². The van der Waals surface area contributed by atoms with Crippen molar-refractivity contribution in [3.05, 3.63) is 45.4 Å². The van der Waals surface area contributed by atoms with Gasteiger partial charge in [-0.05, 0) is 49.9 Å². The van der Waals surface area contributed by atoms with Crippen molar-refractivity contribution < 1.29 is 14.3 Å². The molecule has 0 unspecified atom stereocenters. The molecule has 0 spiro atoms. The Morgan fingerprint density at radius 2 is 1.93 bits per heavy atom. The van der Waals surface area contributed by atoms with Gasteiger partial charge in [-0.2, -0.15) is 0 Å². The number of carbonyl (C=O) groups is 2. The van der Waals surface area contributed by atoms with Gasteiger partial charge in [0.2, 0.25) is 0 Å². The molecule has 1 aromatic carbocycles. The number of amides is 2. The Morgan fingerprint density at radius 3 is 2.63 bits per heavy atom. The SMILES string of the molecule is Cc1ccc(OCC(=O)N2CCC(c3nc(C(=O)N4CCSC4)cs3)CC2)cc1C. The quantitative estimate of drug-likeness (QED) is 0.702. The summed E-state index contributed by atoms with van der Waals surface area (Å²) in [6.45, 7) is 6.37. The molecule has 3 heterocycles. The number of aromatic nitrogens is 1. The smallest absolute Gasteiger partial charge is 0.274 e. The van der Waals surface area contributed by atoms with E-state index in [0.717, 1.165) is 47.3 Å². The van der Waals surface area contributed by atoms with E-state index in [0.29, 0.717) is 24.7 Å². The lowest BCUT2D eigenvalue weighted by Gasteiger charge is -2.31. The van der Waals surface area contributed by atoms with Crippen molar-refractivity contribution >= 4 is 34.9 Å². The lowest BCUT2D eigenvalue weighted by molar-refractivity contribution is -0.134. The molecule has 0 aliphatic carbocycles. The van der Waals surface area contributed by atoms with E-state index in [1.165, 1.54) is 5.56 Å². The minimum Gasteiger partial charge on any atom is -0.484 e. The van der Waals surface area contributed by atoms with Gasteiger partial charge >= 0.3 is 0 Å². The van der Waals surface area contributed by atoms with Gasteiger partial charge in [-0.3, -0.25) is 9.59 Å². The third kappa shape index (κ3) is 4.81. The first-order valence-corrected chi connectivity index (χ1v) is 12.3. The molecule has 8 heteroatoms. The Bertz CT molecular complexity index is 916. The summed E-state index contributed by atoms with van der Waals surface area (Å²) in [5, 5.41) is 2.90. The highest BCUT2D eigenvalue weighted by Gasteiger charge is 2.28. The number of likely N-dealkylation sites (tertiary alicyclic amines) is 1. The third-order valence-corrected chi connectivity index (χ3v) is 7.79. The predicted molar refractivity (Wildman–Crippen MR) is 120 cm³/mol. The van der Waals surface area contributed by atoms with Crippen LogP contribution in [0.5, 0.6) is 5.75 Å². The Kier molecular flexibility index (Phi) is 6.63. The fraction of sp³-hybridized carbons (Fsp3) is 0.500. The molecule has 0 radical (unpaired) electrons. The van der Waals surface area contributed by atoms with Crippen molar-refractivity contribution in [1.82, 2.24) is 14.8 Å². The summed E-state index contributed by atoms with van der Waals surface area (Å²) in [6.07, 6.45) is 1.74. The van der Waals surface area contributed by atoms with Crippen molar-refractivity contribution in [3.8, 4) is 5.75 Å². The van der Waals surface area contributed by atoms with E-state index in [1.54, 1.807) is 23.1 Å². The van der Waals surface area contributed by atoms with Crippen LogP contribution in [0.3, 0.4) is 0 Å². The van der Waals surface area contributed by atoms with Crippen molar-refractivity contribution in [1.29, 1.82) is 0 Å². The average Bonchev–Trinajstić information content (AvgIpc) is 3.46. The first kappa shape index (κ1) is 21.2. The maximum absolute atomic E-state index is 12.5. The fourth-order valence-corrected chi connectivity index (χ4v) is 5.64. The van der Waals surface area contributed by atoms with Crippen LogP contribution in [0, 0.1) is 13.8 Å². The minimum absolute atomic E-state index is 0.0215. The molecule has 0 bridgehead atoms. The van der Waals surface area contributed by atoms with Crippen LogP contribution in [0.1, 0.15) is 45.4 Å². The summed E-state index contributed by atoms with van der Waals surface area (Å²) in [6, 6.07) is 5.89. The summed E-state index contributed by atoms with van der Waals surface area (Å²) in [7, 11) is 0. The van der Waals surface area contributed by atoms with E-state index < -0.39 is 0 Å². The van der Waals surface area contributed by atoms with Crippen molar-refractivity contribution in [2.75, 3.05) is 37.9 Å². The second-order valence-corrected chi connectivity index (χ2v) is 9.83. The van der Waals surface area contributed by atoms with Crippen LogP contribution in [0.4, 0.5) is 0 Å². The van der Waals surface area contributed by atoms with Crippen LogP contribution in [-0.4, -0.2) is 64.5 Å². The third-order valence-electron chi connectivity index (χ3n) is 5.82. The molecule has 2 aliphatic rings. The number of piperidine rings is 1. The summed E-state index contributed by atoms with van der Waals surface area (Å²) >= 11 is 3.35. The molecule has 0 saturated carbocycles. The van der Waals surface area contributed by atoms with Crippen LogP contribution < -0.4 is 4.74 Å². The van der Waals surface area contributed by atoms with Crippen LogP contribution in [-0.2, 0) is 4.79 Å².